The molecule has 0 atom stereocenters. The Morgan fingerprint density at radius 2 is 1.96 bits per heavy atom. The van der Waals surface area contributed by atoms with Crippen LogP contribution >= 0.6 is 0 Å². The Morgan fingerprint density at radius 1 is 1.21 bits per heavy atom. The number of nitrogens with two attached hydrogens (primary N) is 1. The molecule has 150 valence electrons. The maximum atomic E-state index is 11.2. The number of guanidine groups is 1. The van der Waals surface area contributed by atoms with Gasteiger partial charge in [-0.2, -0.15) is 0 Å². The Labute approximate surface area is 165 Å². The SMILES string of the molecule is CCNC(=NCc1ccc(C(N)=O)o1)N1CCN(c2ccccc2OC)CC1. The van der Waals surface area contributed by atoms with Crippen molar-refractivity contribution in [1.82, 2.24) is 10.2 Å². The number of hydrogen-bond donors (Lipinski definition) is 2. The molecule has 8 heteroatoms. The summed E-state index contributed by atoms with van der Waals surface area (Å²) in [5.41, 5.74) is 6.34. The zero-order valence-corrected chi connectivity index (χ0v) is 16.4. The number of hydrogen-bond acceptors (Lipinski definition) is 5. The minimum Gasteiger partial charge on any atom is -0.495 e. The van der Waals surface area contributed by atoms with Gasteiger partial charge in [0.2, 0.25) is 0 Å². The zero-order valence-electron chi connectivity index (χ0n) is 16.4. The summed E-state index contributed by atoms with van der Waals surface area (Å²) in [7, 11) is 1.70. The van der Waals surface area contributed by atoms with E-state index in [4.69, 9.17) is 14.9 Å². The molecule has 1 fully saturated rings. The molecule has 8 nitrogen and oxygen atoms in total. The average molecular weight is 385 g/mol. The molecular weight excluding hydrogens is 358 g/mol. The summed E-state index contributed by atoms with van der Waals surface area (Å²) in [6.07, 6.45) is 0. The minimum atomic E-state index is -0.574. The van der Waals surface area contributed by atoms with E-state index in [1.54, 1.807) is 19.2 Å². The number of anilines is 1. The second kappa shape index (κ2) is 9.16. The number of para-hydroxylation sites is 2. The van der Waals surface area contributed by atoms with Gasteiger partial charge in [0.05, 0.1) is 12.8 Å². The van der Waals surface area contributed by atoms with Gasteiger partial charge >= 0.3 is 0 Å². The van der Waals surface area contributed by atoms with Crippen molar-refractivity contribution in [3.05, 3.63) is 47.9 Å². The van der Waals surface area contributed by atoms with Crippen LogP contribution in [-0.4, -0.2) is 56.6 Å². The smallest absolute Gasteiger partial charge is 0.284 e. The van der Waals surface area contributed by atoms with Crippen LogP contribution in [0.2, 0.25) is 0 Å². The predicted octanol–water partition coefficient (Wildman–Crippen LogP) is 1.67. The molecule has 2 aromatic rings. The highest BCUT2D eigenvalue weighted by atomic mass is 16.5. The number of ether oxygens (including phenoxy) is 1. The number of furan rings is 1. The summed E-state index contributed by atoms with van der Waals surface area (Å²) in [6.45, 7) is 6.59. The van der Waals surface area contributed by atoms with Gasteiger partial charge in [-0.1, -0.05) is 12.1 Å². The van der Waals surface area contributed by atoms with E-state index in [0.717, 1.165) is 50.1 Å². The lowest BCUT2D eigenvalue weighted by Gasteiger charge is -2.38. The molecule has 0 aliphatic carbocycles. The van der Waals surface area contributed by atoms with E-state index in [1.807, 2.05) is 25.1 Å². The number of aliphatic imine (C=N–C) groups is 1. The Morgan fingerprint density at radius 3 is 2.61 bits per heavy atom. The molecule has 0 saturated carbocycles. The molecule has 1 saturated heterocycles. The van der Waals surface area contributed by atoms with Gasteiger partial charge in [0.15, 0.2) is 11.7 Å². The van der Waals surface area contributed by atoms with Gasteiger partial charge in [0, 0.05) is 32.7 Å². The average Bonchev–Trinajstić information content (AvgIpc) is 3.21. The fourth-order valence-electron chi connectivity index (χ4n) is 3.22. The van der Waals surface area contributed by atoms with Crippen LogP contribution in [0, 0.1) is 0 Å². The lowest BCUT2D eigenvalue weighted by atomic mass is 10.2. The molecule has 1 aromatic carbocycles. The first-order valence-electron chi connectivity index (χ1n) is 9.42. The molecule has 3 N–H and O–H groups in total. The summed E-state index contributed by atoms with van der Waals surface area (Å²) in [4.78, 5) is 20.4. The fourth-order valence-corrected chi connectivity index (χ4v) is 3.22. The predicted molar refractivity (Wildman–Crippen MR) is 109 cm³/mol. The van der Waals surface area contributed by atoms with Gasteiger partial charge in [-0.05, 0) is 31.2 Å². The number of nitrogens with zero attached hydrogens (tertiary/aromatic N) is 3. The highest BCUT2D eigenvalue weighted by molar-refractivity contribution is 5.89. The molecule has 2 heterocycles. The first-order chi connectivity index (χ1) is 13.6. The van der Waals surface area contributed by atoms with Crippen molar-refractivity contribution in [2.45, 2.75) is 13.5 Å². The first-order valence-corrected chi connectivity index (χ1v) is 9.42. The summed E-state index contributed by atoms with van der Waals surface area (Å²) in [5, 5.41) is 3.33. The van der Waals surface area contributed by atoms with Crippen molar-refractivity contribution in [2.24, 2.45) is 10.7 Å². The molecule has 1 aliphatic rings. The van der Waals surface area contributed by atoms with E-state index in [-0.39, 0.29) is 5.76 Å². The van der Waals surface area contributed by atoms with Crippen LogP contribution in [0.25, 0.3) is 0 Å². The van der Waals surface area contributed by atoms with Gasteiger partial charge < -0.3 is 30.0 Å². The molecule has 28 heavy (non-hydrogen) atoms. The maximum absolute atomic E-state index is 11.2. The monoisotopic (exact) mass is 385 g/mol. The van der Waals surface area contributed by atoms with E-state index in [0.29, 0.717) is 12.3 Å². The van der Waals surface area contributed by atoms with Crippen molar-refractivity contribution >= 4 is 17.6 Å². The number of piperazine rings is 1. The van der Waals surface area contributed by atoms with Crippen molar-refractivity contribution in [2.75, 3.05) is 44.7 Å². The van der Waals surface area contributed by atoms with Crippen LogP contribution in [0.5, 0.6) is 5.75 Å². The van der Waals surface area contributed by atoms with Gasteiger partial charge in [-0.15, -0.1) is 0 Å². The van der Waals surface area contributed by atoms with Crippen LogP contribution < -0.4 is 20.7 Å². The van der Waals surface area contributed by atoms with E-state index in [9.17, 15) is 4.79 Å². The highest BCUT2D eigenvalue weighted by Crippen LogP contribution is 2.28. The number of methoxy groups -OCH3 is 1. The van der Waals surface area contributed by atoms with Crippen molar-refractivity contribution in [3.63, 3.8) is 0 Å². The molecule has 3 rings (SSSR count). The van der Waals surface area contributed by atoms with Crippen LogP contribution in [0.3, 0.4) is 0 Å². The second-order valence-corrected chi connectivity index (χ2v) is 6.45. The molecule has 1 amide bonds. The third-order valence-corrected chi connectivity index (χ3v) is 4.63. The Balaban J connectivity index is 1.64. The lowest BCUT2D eigenvalue weighted by molar-refractivity contribution is 0.0972. The van der Waals surface area contributed by atoms with E-state index in [1.165, 1.54) is 0 Å². The van der Waals surface area contributed by atoms with Crippen molar-refractivity contribution in [1.29, 1.82) is 0 Å². The number of benzene rings is 1. The van der Waals surface area contributed by atoms with Gasteiger partial charge in [0.1, 0.15) is 18.1 Å². The largest absolute Gasteiger partial charge is 0.495 e. The number of amides is 1. The highest BCUT2D eigenvalue weighted by Gasteiger charge is 2.21. The molecule has 1 aliphatic heterocycles. The Hall–Kier alpha value is -3.16. The van der Waals surface area contributed by atoms with Gasteiger partial charge in [-0.3, -0.25) is 4.79 Å². The maximum Gasteiger partial charge on any atom is 0.284 e. The summed E-state index contributed by atoms with van der Waals surface area (Å²) in [6, 6.07) is 11.4. The zero-order chi connectivity index (χ0) is 19.9. The molecule has 0 radical (unpaired) electrons. The normalized spacial score (nSPS) is 14.9. The molecule has 0 spiro atoms. The van der Waals surface area contributed by atoms with E-state index in [2.05, 4.69) is 26.2 Å². The summed E-state index contributed by atoms with van der Waals surface area (Å²) < 4.78 is 10.9. The number of nitrogens with one attached hydrogen (secondary N) is 1. The molecular formula is C20H27N5O3. The van der Waals surface area contributed by atoms with Crippen LogP contribution in [-0.2, 0) is 6.54 Å². The van der Waals surface area contributed by atoms with Gasteiger partial charge in [0.25, 0.3) is 5.91 Å². The summed E-state index contributed by atoms with van der Waals surface area (Å²) in [5.74, 6) is 1.91. The number of carbonyl (C=O) groups excluding carboxylic acids is 1. The van der Waals surface area contributed by atoms with Crippen LogP contribution in [0.4, 0.5) is 5.69 Å². The van der Waals surface area contributed by atoms with Crippen molar-refractivity contribution in [3.8, 4) is 5.75 Å². The quantitative estimate of drug-likeness (QED) is 0.580. The van der Waals surface area contributed by atoms with Crippen LogP contribution in [0.1, 0.15) is 23.2 Å². The Kier molecular flexibility index (Phi) is 6.41. The number of carbonyl (C=O) groups is 1. The van der Waals surface area contributed by atoms with Crippen LogP contribution in [0.15, 0.2) is 45.8 Å². The van der Waals surface area contributed by atoms with Crippen molar-refractivity contribution < 1.29 is 13.9 Å². The van der Waals surface area contributed by atoms with E-state index >= 15 is 0 Å². The molecule has 0 unspecified atom stereocenters. The first kappa shape index (κ1) is 19.6. The fraction of sp³-hybridized carbons (Fsp3) is 0.400. The molecule has 0 bridgehead atoms. The van der Waals surface area contributed by atoms with E-state index < -0.39 is 5.91 Å². The Bertz CT molecular complexity index is 825. The standard InChI is InChI=1S/C20H27N5O3/c1-3-22-20(23-14-15-8-9-18(28-15)19(21)26)25-12-10-24(11-13-25)16-6-4-5-7-17(16)27-2/h4-9H,3,10-14H2,1-2H3,(H2,21,26)(H,22,23). The molecule has 1 aromatic heterocycles. The topological polar surface area (TPSA) is 96.3 Å². The second-order valence-electron chi connectivity index (χ2n) is 6.45. The third kappa shape index (κ3) is 4.57. The third-order valence-electron chi connectivity index (χ3n) is 4.63. The number of rotatable bonds is 6. The van der Waals surface area contributed by atoms with Gasteiger partial charge in [-0.25, -0.2) is 4.99 Å². The minimum absolute atomic E-state index is 0.153. The summed E-state index contributed by atoms with van der Waals surface area (Å²) >= 11 is 0. The lowest BCUT2D eigenvalue weighted by Crippen LogP contribution is -2.52. The number of primary amides is 1.